The van der Waals surface area contributed by atoms with Crippen LogP contribution in [0.3, 0.4) is 0 Å². The summed E-state index contributed by atoms with van der Waals surface area (Å²) in [6, 6.07) is 14.5. The molecule has 1 heterocycles. The average molecular weight is 381 g/mol. The third-order valence-corrected chi connectivity index (χ3v) is 4.10. The SMILES string of the molecule is CCOc1ccc(-c2cc(=O)n(CCNC(=O)c3ccccc3F)cn2)cc1. The van der Waals surface area contributed by atoms with E-state index in [0.717, 1.165) is 11.3 Å². The van der Waals surface area contributed by atoms with Crippen molar-refractivity contribution < 1.29 is 13.9 Å². The first-order valence-corrected chi connectivity index (χ1v) is 8.91. The number of amides is 1. The molecule has 3 aromatic rings. The van der Waals surface area contributed by atoms with Crippen molar-refractivity contribution in [3.63, 3.8) is 0 Å². The van der Waals surface area contributed by atoms with Crippen molar-refractivity contribution in [2.45, 2.75) is 13.5 Å². The zero-order chi connectivity index (χ0) is 19.9. The van der Waals surface area contributed by atoms with Crippen molar-refractivity contribution in [1.82, 2.24) is 14.9 Å². The van der Waals surface area contributed by atoms with Gasteiger partial charge in [-0.25, -0.2) is 9.37 Å². The van der Waals surface area contributed by atoms with E-state index in [-0.39, 0.29) is 24.2 Å². The van der Waals surface area contributed by atoms with E-state index in [1.54, 1.807) is 6.07 Å². The normalized spacial score (nSPS) is 10.5. The quantitative estimate of drug-likeness (QED) is 0.683. The van der Waals surface area contributed by atoms with Gasteiger partial charge < -0.3 is 10.1 Å². The highest BCUT2D eigenvalue weighted by atomic mass is 19.1. The molecule has 0 radical (unpaired) electrons. The number of hydrogen-bond acceptors (Lipinski definition) is 4. The summed E-state index contributed by atoms with van der Waals surface area (Å²) in [5, 5.41) is 2.60. The molecule has 0 fully saturated rings. The lowest BCUT2D eigenvalue weighted by Gasteiger charge is -2.09. The lowest BCUT2D eigenvalue weighted by atomic mass is 10.1. The Kier molecular flexibility index (Phi) is 6.16. The van der Waals surface area contributed by atoms with Crippen LogP contribution in [-0.4, -0.2) is 28.6 Å². The topological polar surface area (TPSA) is 73.2 Å². The minimum absolute atomic E-state index is 0.0289. The molecule has 1 amide bonds. The summed E-state index contributed by atoms with van der Waals surface area (Å²) in [5.41, 5.74) is 1.10. The van der Waals surface area contributed by atoms with Gasteiger partial charge in [-0.3, -0.25) is 14.2 Å². The highest BCUT2D eigenvalue weighted by molar-refractivity contribution is 5.94. The van der Waals surface area contributed by atoms with Crippen molar-refractivity contribution in [3.05, 3.63) is 82.7 Å². The lowest BCUT2D eigenvalue weighted by Crippen LogP contribution is -2.31. The van der Waals surface area contributed by atoms with Gasteiger partial charge >= 0.3 is 0 Å². The van der Waals surface area contributed by atoms with E-state index in [2.05, 4.69) is 10.3 Å². The number of benzene rings is 2. The maximum absolute atomic E-state index is 13.6. The third kappa shape index (κ3) is 4.62. The molecule has 1 N–H and O–H groups in total. The molecule has 2 aromatic carbocycles. The predicted octanol–water partition coefficient (Wildman–Crippen LogP) is 2.88. The van der Waals surface area contributed by atoms with Gasteiger partial charge in [0.25, 0.3) is 11.5 Å². The van der Waals surface area contributed by atoms with E-state index in [0.29, 0.717) is 12.3 Å². The molecule has 0 bridgehead atoms. The maximum atomic E-state index is 13.6. The van der Waals surface area contributed by atoms with E-state index in [1.807, 2.05) is 31.2 Å². The predicted molar refractivity (Wildman–Crippen MR) is 104 cm³/mol. The second kappa shape index (κ2) is 8.94. The number of nitrogens with one attached hydrogen (secondary N) is 1. The van der Waals surface area contributed by atoms with Gasteiger partial charge in [0.1, 0.15) is 11.6 Å². The first kappa shape index (κ1) is 19.3. The molecule has 0 aliphatic heterocycles. The number of hydrogen-bond donors (Lipinski definition) is 1. The van der Waals surface area contributed by atoms with Gasteiger partial charge in [0.15, 0.2) is 0 Å². The van der Waals surface area contributed by atoms with E-state index in [1.165, 1.54) is 35.2 Å². The summed E-state index contributed by atoms with van der Waals surface area (Å²) in [5.74, 6) is -0.353. The van der Waals surface area contributed by atoms with E-state index in [4.69, 9.17) is 4.74 Å². The number of ether oxygens (including phenoxy) is 1. The fourth-order valence-corrected chi connectivity index (χ4v) is 2.67. The molecular weight excluding hydrogens is 361 g/mol. The highest BCUT2D eigenvalue weighted by Crippen LogP contribution is 2.19. The Morgan fingerprint density at radius 3 is 2.61 bits per heavy atom. The van der Waals surface area contributed by atoms with Crippen LogP contribution in [-0.2, 0) is 6.54 Å². The number of carbonyl (C=O) groups excluding carboxylic acids is 1. The van der Waals surface area contributed by atoms with Crippen LogP contribution in [0, 0.1) is 5.82 Å². The molecule has 3 rings (SSSR count). The Hall–Kier alpha value is -3.48. The van der Waals surface area contributed by atoms with Gasteiger partial charge in [-0.1, -0.05) is 12.1 Å². The van der Waals surface area contributed by atoms with Crippen LogP contribution in [0.2, 0.25) is 0 Å². The molecule has 0 spiro atoms. The van der Waals surface area contributed by atoms with Crippen molar-refractivity contribution >= 4 is 5.91 Å². The van der Waals surface area contributed by atoms with Crippen LogP contribution in [0.1, 0.15) is 17.3 Å². The van der Waals surface area contributed by atoms with Crippen molar-refractivity contribution in [1.29, 1.82) is 0 Å². The van der Waals surface area contributed by atoms with Gasteiger partial charge in [0, 0.05) is 24.7 Å². The minimum atomic E-state index is -0.585. The maximum Gasteiger partial charge on any atom is 0.254 e. The Balaban J connectivity index is 1.62. The van der Waals surface area contributed by atoms with Gasteiger partial charge in [0.05, 0.1) is 24.2 Å². The van der Waals surface area contributed by atoms with Gasteiger partial charge in [0.2, 0.25) is 0 Å². The molecule has 0 aliphatic carbocycles. The number of halogens is 1. The lowest BCUT2D eigenvalue weighted by molar-refractivity contribution is 0.0948. The Morgan fingerprint density at radius 2 is 1.93 bits per heavy atom. The van der Waals surface area contributed by atoms with Crippen molar-refractivity contribution in [2.24, 2.45) is 0 Å². The summed E-state index contributed by atoms with van der Waals surface area (Å²) in [6.45, 7) is 2.90. The van der Waals surface area contributed by atoms with E-state index >= 15 is 0 Å². The molecule has 0 atom stereocenters. The molecule has 1 aromatic heterocycles. The first-order chi connectivity index (χ1) is 13.6. The summed E-state index contributed by atoms with van der Waals surface area (Å²) in [7, 11) is 0. The first-order valence-electron chi connectivity index (χ1n) is 8.91. The van der Waals surface area contributed by atoms with Crippen LogP contribution < -0.4 is 15.6 Å². The molecule has 0 unspecified atom stereocenters. The van der Waals surface area contributed by atoms with Gasteiger partial charge in [-0.05, 0) is 43.3 Å². The summed E-state index contributed by atoms with van der Waals surface area (Å²) in [4.78, 5) is 28.6. The highest BCUT2D eigenvalue weighted by Gasteiger charge is 2.10. The summed E-state index contributed by atoms with van der Waals surface area (Å²) >= 11 is 0. The van der Waals surface area contributed by atoms with Crippen molar-refractivity contribution in [2.75, 3.05) is 13.2 Å². The smallest absolute Gasteiger partial charge is 0.254 e. The van der Waals surface area contributed by atoms with Crippen LogP contribution in [0.5, 0.6) is 5.75 Å². The molecule has 144 valence electrons. The molecule has 0 saturated carbocycles. The van der Waals surface area contributed by atoms with E-state index < -0.39 is 11.7 Å². The second-order valence-electron chi connectivity index (χ2n) is 6.00. The fraction of sp³-hybridized carbons (Fsp3) is 0.190. The Labute approximate surface area is 161 Å². The monoisotopic (exact) mass is 381 g/mol. The fourth-order valence-electron chi connectivity index (χ4n) is 2.67. The van der Waals surface area contributed by atoms with E-state index in [9.17, 15) is 14.0 Å². The summed E-state index contributed by atoms with van der Waals surface area (Å²) in [6.07, 6.45) is 1.43. The number of aromatic nitrogens is 2. The largest absolute Gasteiger partial charge is 0.494 e. The minimum Gasteiger partial charge on any atom is -0.494 e. The van der Waals surface area contributed by atoms with Crippen LogP contribution in [0.4, 0.5) is 4.39 Å². The summed E-state index contributed by atoms with van der Waals surface area (Å²) < 4.78 is 20.4. The Morgan fingerprint density at radius 1 is 1.18 bits per heavy atom. The van der Waals surface area contributed by atoms with Crippen LogP contribution in [0.15, 0.2) is 65.7 Å². The number of rotatable bonds is 7. The molecule has 0 aliphatic rings. The van der Waals surface area contributed by atoms with Crippen LogP contribution in [0.25, 0.3) is 11.3 Å². The number of nitrogens with zero attached hydrogens (tertiary/aromatic N) is 2. The molecule has 7 heteroatoms. The Bertz CT molecular complexity index is 1020. The van der Waals surface area contributed by atoms with Gasteiger partial charge in [-0.15, -0.1) is 0 Å². The molecule has 28 heavy (non-hydrogen) atoms. The standard InChI is InChI=1S/C21H20FN3O3/c1-2-28-16-9-7-15(8-10-16)19-13-20(26)25(14-24-19)12-11-23-21(27)17-5-3-4-6-18(17)22/h3-10,13-14H,2,11-12H2,1H3,(H,23,27). The molecule has 0 saturated heterocycles. The molecular formula is C21H20FN3O3. The van der Waals surface area contributed by atoms with Crippen LogP contribution >= 0.6 is 0 Å². The second-order valence-corrected chi connectivity index (χ2v) is 6.00. The van der Waals surface area contributed by atoms with Crippen molar-refractivity contribution in [3.8, 4) is 17.0 Å². The number of carbonyl (C=O) groups is 1. The van der Waals surface area contributed by atoms with Gasteiger partial charge in [-0.2, -0.15) is 0 Å². The zero-order valence-corrected chi connectivity index (χ0v) is 15.4. The zero-order valence-electron chi connectivity index (χ0n) is 15.4. The third-order valence-electron chi connectivity index (χ3n) is 4.10. The molecule has 6 nitrogen and oxygen atoms in total. The average Bonchev–Trinajstić information content (AvgIpc) is 2.70.